The van der Waals surface area contributed by atoms with E-state index in [1.54, 1.807) is 11.3 Å². The van der Waals surface area contributed by atoms with E-state index in [-0.39, 0.29) is 0 Å². The summed E-state index contributed by atoms with van der Waals surface area (Å²) in [6, 6.07) is 6.48. The standard InChI is InChI=1S/C12H12NS/c1-4-7-13-10(3)14-12-8-9(2)5-6-11(12)13/h1,5-6,8H,7H2,2-3H3/q+1. The third-order valence-electron chi connectivity index (χ3n) is 2.29. The lowest BCUT2D eigenvalue weighted by atomic mass is 10.2. The highest BCUT2D eigenvalue weighted by Gasteiger charge is 2.15. The number of hydrogen-bond donors (Lipinski definition) is 0. The Bertz CT molecular complexity index is 517. The van der Waals surface area contributed by atoms with Crippen molar-refractivity contribution in [1.29, 1.82) is 0 Å². The number of rotatable bonds is 1. The molecular weight excluding hydrogens is 190 g/mol. The molecule has 1 aromatic heterocycles. The van der Waals surface area contributed by atoms with Crippen LogP contribution in [0.15, 0.2) is 18.2 Å². The second-order valence-electron chi connectivity index (χ2n) is 3.38. The van der Waals surface area contributed by atoms with Crippen LogP contribution in [0.4, 0.5) is 0 Å². The molecule has 70 valence electrons. The van der Waals surface area contributed by atoms with Crippen molar-refractivity contribution >= 4 is 21.6 Å². The second-order valence-corrected chi connectivity index (χ2v) is 4.62. The van der Waals surface area contributed by atoms with Crippen molar-refractivity contribution in [1.82, 2.24) is 0 Å². The van der Waals surface area contributed by atoms with E-state index in [1.807, 2.05) is 0 Å². The molecule has 0 aliphatic heterocycles. The van der Waals surface area contributed by atoms with Crippen molar-refractivity contribution in [3.63, 3.8) is 0 Å². The summed E-state index contributed by atoms with van der Waals surface area (Å²) >= 11 is 1.80. The predicted octanol–water partition coefficient (Wildman–Crippen LogP) is 2.44. The number of thiazole rings is 1. The molecule has 0 aliphatic carbocycles. The monoisotopic (exact) mass is 202 g/mol. The van der Waals surface area contributed by atoms with Crippen LogP contribution in [-0.4, -0.2) is 0 Å². The molecule has 0 saturated carbocycles. The molecular formula is C12H12NS+. The Morgan fingerprint density at radius 2 is 2.21 bits per heavy atom. The van der Waals surface area contributed by atoms with Crippen LogP contribution >= 0.6 is 11.3 Å². The van der Waals surface area contributed by atoms with Crippen molar-refractivity contribution in [3.8, 4) is 12.3 Å². The van der Waals surface area contributed by atoms with Gasteiger partial charge in [0.2, 0.25) is 17.1 Å². The molecule has 1 heterocycles. The Hall–Kier alpha value is -1.33. The highest BCUT2D eigenvalue weighted by molar-refractivity contribution is 7.18. The third kappa shape index (κ3) is 1.40. The number of terminal acetylenes is 1. The Morgan fingerprint density at radius 3 is 2.93 bits per heavy atom. The lowest BCUT2D eigenvalue weighted by molar-refractivity contribution is -0.660. The molecule has 0 bridgehead atoms. The van der Waals surface area contributed by atoms with E-state index in [4.69, 9.17) is 6.42 Å². The van der Waals surface area contributed by atoms with Gasteiger partial charge in [0.15, 0.2) is 0 Å². The minimum atomic E-state index is 0.662. The zero-order valence-electron chi connectivity index (χ0n) is 8.37. The van der Waals surface area contributed by atoms with Gasteiger partial charge in [-0.1, -0.05) is 17.4 Å². The summed E-state index contributed by atoms with van der Waals surface area (Å²) in [5.41, 5.74) is 2.54. The summed E-state index contributed by atoms with van der Waals surface area (Å²) in [6.45, 7) is 4.88. The van der Waals surface area contributed by atoms with Gasteiger partial charge >= 0.3 is 0 Å². The van der Waals surface area contributed by atoms with Crippen LogP contribution < -0.4 is 4.57 Å². The van der Waals surface area contributed by atoms with Gasteiger partial charge in [0, 0.05) is 13.0 Å². The first kappa shape index (κ1) is 9.23. The third-order valence-corrected chi connectivity index (χ3v) is 3.36. The molecule has 1 nitrogen and oxygen atoms in total. The van der Waals surface area contributed by atoms with Gasteiger partial charge in [-0.15, -0.1) is 6.42 Å². The van der Waals surface area contributed by atoms with E-state index in [9.17, 15) is 0 Å². The molecule has 0 spiro atoms. The smallest absolute Gasteiger partial charge is 0.174 e. The molecule has 0 amide bonds. The molecule has 14 heavy (non-hydrogen) atoms. The topological polar surface area (TPSA) is 3.88 Å². The molecule has 1 aromatic carbocycles. The minimum absolute atomic E-state index is 0.662. The van der Waals surface area contributed by atoms with Crippen LogP contribution in [-0.2, 0) is 6.54 Å². The maximum absolute atomic E-state index is 5.34. The van der Waals surface area contributed by atoms with E-state index in [0.29, 0.717) is 6.54 Å². The van der Waals surface area contributed by atoms with Crippen molar-refractivity contribution in [2.45, 2.75) is 20.4 Å². The average Bonchev–Trinajstić information content (AvgIpc) is 2.43. The first-order valence-corrected chi connectivity index (χ1v) is 5.37. The number of benzene rings is 1. The highest BCUT2D eigenvalue weighted by atomic mass is 32.1. The van der Waals surface area contributed by atoms with Gasteiger partial charge < -0.3 is 0 Å². The molecule has 0 unspecified atom stereocenters. The van der Waals surface area contributed by atoms with Gasteiger partial charge in [-0.05, 0) is 24.5 Å². The lowest BCUT2D eigenvalue weighted by Gasteiger charge is -1.91. The molecule has 0 atom stereocenters. The van der Waals surface area contributed by atoms with Gasteiger partial charge in [0.1, 0.15) is 4.70 Å². The molecule has 2 rings (SSSR count). The molecule has 2 heteroatoms. The van der Waals surface area contributed by atoms with E-state index in [0.717, 1.165) is 0 Å². The average molecular weight is 202 g/mol. The highest BCUT2D eigenvalue weighted by Crippen LogP contribution is 2.20. The van der Waals surface area contributed by atoms with Gasteiger partial charge in [-0.3, -0.25) is 0 Å². The molecule has 0 saturated heterocycles. The SMILES string of the molecule is C#CC[n+]1c(C)sc2cc(C)ccc21. The Labute approximate surface area is 88.0 Å². The molecule has 2 aromatic rings. The largest absolute Gasteiger partial charge is 0.236 e. The molecule has 0 radical (unpaired) electrons. The lowest BCUT2D eigenvalue weighted by Crippen LogP contribution is -2.34. The summed E-state index contributed by atoms with van der Waals surface area (Å²) in [7, 11) is 0. The van der Waals surface area contributed by atoms with Gasteiger partial charge in [0.05, 0.1) is 0 Å². The van der Waals surface area contributed by atoms with Crippen LogP contribution in [0.5, 0.6) is 0 Å². The van der Waals surface area contributed by atoms with Crippen molar-refractivity contribution in [2.24, 2.45) is 0 Å². The first-order chi connectivity index (χ1) is 6.72. The fraction of sp³-hybridized carbons (Fsp3) is 0.250. The zero-order valence-corrected chi connectivity index (χ0v) is 9.19. The Kier molecular flexibility index (Phi) is 2.26. The number of nitrogens with zero attached hydrogens (tertiary/aromatic N) is 1. The quantitative estimate of drug-likeness (QED) is 0.494. The van der Waals surface area contributed by atoms with E-state index in [2.05, 4.69) is 42.5 Å². The van der Waals surface area contributed by atoms with Gasteiger partial charge in [-0.25, -0.2) is 0 Å². The number of hydrogen-bond acceptors (Lipinski definition) is 1. The number of aryl methyl sites for hydroxylation is 2. The first-order valence-electron chi connectivity index (χ1n) is 4.55. The fourth-order valence-electron chi connectivity index (χ4n) is 1.60. The van der Waals surface area contributed by atoms with Crippen LogP contribution in [0.2, 0.25) is 0 Å². The van der Waals surface area contributed by atoms with Crippen LogP contribution in [0, 0.1) is 26.2 Å². The second kappa shape index (κ2) is 3.43. The van der Waals surface area contributed by atoms with E-state index >= 15 is 0 Å². The maximum Gasteiger partial charge on any atom is 0.236 e. The summed E-state index contributed by atoms with van der Waals surface area (Å²) in [5.74, 6) is 2.69. The van der Waals surface area contributed by atoms with Gasteiger partial charge in [-0.2, -0.15) is 4.57 Å². The van der Waals surface area contributed by atoms with Crippen LogP contribution in [0.1, 0.15) is 10.6 Å². The summed E-state index contributed by atoms with van der Waals surface area (Å²) in [4.78, 5) is 0. The zero-order chi connectivity index (χ0) is 10.1. The van der Waals surface area contributed by atoms with E-state index < -0.39 is 0 Å². The molecule has 0 N–H and O–H groups in total. The summed E-state index contributed by atoms with van der Waals surface area (Å²) in [5, 5.41) is 1.27. The summed E-state index contributed by atoms with van der Waals surface area (Å²) < 4.78 is 3.50. The number of aromatic nitrogens is 1. The maximum atomic E-state index is 5.34. The normalized spacial score (nSPS) is 10.4. The Morgan fingerprint density at radius 1 is 1.43 bits per heavy atom. The molecule has 0 aliphatic rings. The van der Waals surface area contributed by atoms with Crippen molar-refractivity contribution in [3.05, 3.63) is 28.8 Å². The van der Waals surface area contributed by atoms with Crippen molar-refractivity contribution in [2.75, 3.05) is 0 Å². The van der Waals surface area contributed by atoms with Crippen LogP contribution in [0.3, 0.4) is 0 Å². The minimum Gasteiger partial charge on any atom is -0.174 e. The predicted molar refractivity (Wildman–Crippen MR) is 60.3 cm³/mol. The van der Waals surface area contributed by atoms with Gasteiger partial charge in [0.25, 0.3) is 0 Å². The van der Waals surface area contributed by atoms with Crippen LogP contribution in [0.25, 0.3) is 10.2 Å². The summed E-state index contributed by atoms with van der Waals surface area (Å²) in [6.07, 6.45) is 5.34. The van der Waals surface area contributed by atoms with E-state index in [1.165, 1.54) is 20.8 Å². The number of fused-ring (bicyclic) bond motifs is 1. The van der Waals surface area contributed by atoms with Crippen molar-refractivity contribution < 1.29 is 4.57 Å². The Balaban J connectivity index is 2.72. The molecule has 0 fully saturated rings. The fourth-order valence-corrected chi connectivity index (χ4v) is 2.72.